The largest absolute Gasteiger partial charge is 0.497 e. The van der Waals surface area contributed by atoms with Crippen molar-refractivity contribution in [1.82, 2.24) is 4.90 Å². The zero-order valence-corrected chi connectivity index (χ0v) is 15.3. The number of rotatable bonds is 4. The van der Waals surface area contributed by atoms with Gasteiger partial charge >= 0.3 is 6.09 Å². The molecule has 0 aliphatic carbocycles. The zero-order chi connectivity index (χ0) is 18.0. The molecule has 0 N–H and O–H groups in total. The van der Waals surface area contributed by atoms with Gasteiger partial charge in [-0.05, 0) is 46.8 Å². The second-order valence-electron chi connectivity index (χ2n) is 7.25. The van der Waals surface area contributed by atoms with Crippen molar-refractivity contribution in [2.24, 2.45) is 0 Å². The van der Waals surface area contributed by atoms with Crippen molar-refractivity contribution in [3.63, 3.8) is 0 Å². The molecule has 0 unspecified atom stereocenters. The lowest BCUT2D eigenvalue weighted by atomic mass is 10.2. The van der Waals surface area contributed by atoms with E-state index in [0.29, 0.717) is 19.0 Å². The van der Waals surface area contributed by atoms with Crippen LogP contribution < -0.4 is 9.47 Å². The standard InChI is InChI=1S/C18H27NO5/c1-17(2,3)24-16(20)19-13(12-23-18(19,4)5)11-22-15-9-7-8-14(10-15)21-6/h7-10,13H,11-12H2,1-6H3/t13-/m0/s1. The normalized spacial score (nSPS) is 19.9. The molecule has 0 bridgehead atoms. The van der Waals surface area contributed by atoms with Crippen LogP contribution in [-0.2, 0) is 9.47 Å². The first-order valence-corrected chi connectivity index (χ1v) is 8.05. The third kappa shape index (κ3) is 4.54. The molecule has 1 saturated heterocycles. The monoisotopic (exact) mass is 337 g/mol. The SMILES string of the molecule is COc1cccc(OC[C@H]2COC(C)(C)N2C(=O)OC(C)(C)C)c1. The van der Waals surface area contributed by atoms with Gasteiger partial charge in [0.25, 0.3) is 0 Å². The number of hydrogen-bond donors (Lipinski definition) is 0. The Labute approximate surface area is 143 Å². The summed E-state index contributed by atoms with van der Waals surface area (Å²) in [5, 5.41) is 0. The lowest BCUT2D eigenvalue weighted by Gasteiger charge is -2.35. The van der Waals surface area contributed by atoms with Crippen molar-refractivity contribution < 1.29 is 23.7 Å². The van der Waals surface area contributed by atoms with Crippen molar-refractivity contribution in [2.45, 2.75) is 52.0 Å². The molecule has 1 amide bonds. The van der Waals surface area contributed by atoms with Gasteiger partial charge in [0.2, 0.25) is 0 Å². The van der Waals surface area contributed by atoms with Gasteiger partial charge in [0.1, 0.15) is 29.4 Å². The van der Waals surface area contributed by atoms with Crippen LogP contribution in [0.5, 0.6) is 11.5 Å². The van der Waals surface area contributed by atoms with E-state index < -0.39 is 17.4 Å². The number of carbonyl (C=O) groups excluding carboxylic acids is 1. The quantitative estimate of drug-likeness (QED) is 0.842. The Morgan fingerprint density at radius 2 is 2.00 bits per heavy atom. The average molecular weight is 337 g/mol. The number of amides is 1. The van der Waals surface area contributed by atoms with E-state index in [1.54, 1.807) is 18.1 Å². The summed E-state index contributed by atoms with van der Waals surface area (Å²) >= 11 is 0. The maximum Gasteiger partial charge on any atom is 0.413 e. The summed E-state index contributed by atoms with van der Waals surface area (Å²) in [6.07, 6.45) is -0.399. The molecule has 0 spiro atoms. The molecule has 1 heterocycles. The first kappa shape index (κ1) is 18.4. The van der Waals surface area contributed by atoms with Crippen molar-refractivity contribution >= 4 is 6.09 Å². The lowest BCUT2D eigenvalue weighted by molar-refractivity contribution is -0.0637. The summed E-state index contributed by atoms with van der Waals surface area (Å²) in [6.45, 7) is 9.95. The van der Waals surface area contributed by atoms with Crippen molar-refractivity contribution in [2.75, 3.05) is 20.3 Å². The van der Waals surface area contributed by atoms with E-state index in [4.69, 9.17) is 18.9 Å². The summed E-state index contributed by atoms with van der Waals surface area (Å²) in [7, 11) is 1.61. The summed E-state index contributed by atoms with van der Waals surface area (Å²) in [5.41, 5.74) is -1.29. The highest BCUT2D eigenvalue weighted by atomic mass is 16.6. The van der Waals surface area contributed by atoms with Gasteiger partial charge in [-0.15, -0.1) is 0 Å². The van der Waals surface area contributed by atoms with E-state index in [0.717, 1.165) is 5.75 Å². The number of carbonyl (C=O) groups is 1. The van der Waals surface area contributed by atoms with Crippen LogP contribution in [0.25, 0.3) is 0 Å². The van der Waals surface area contributed by atoms with E-state index in [-0.39, 0.29) is 6.04 Å². The Kier molecular flexibility index (Phi) is 5.28. The van der Waals surface area contributed by atoms with Gasteiger partial charge in [-0.2, -0.15) is 0 Å². The number of methoxy groups -OCH3 is 1. The molecule has 24 heavy (non-hydrogen) atoms. The molecule has 1 fully saturated rings. The highest BCUT2D eigenvalue weighted by molar-refractivity contribution is 5.69. The van der Waals surface area contributed by atoms with Gasteiger partial charge in [0.05, 0.1) is 19.8 Å². The molecule has 0 radical (unpaired) electrons. The first-order chi connectivity index (χ1) is 11.1. The van der Waals surface area contributed by atoms with Crippen molar-refractivity contribution in [1.29, 1.82) is 0 Å². The number of benzene rings is 1. The third-order valence-electron chi connectivity index (χ3n) is 3.65. The number of ether oxygens (including phenoxy) is 4. The fourth-order valence-corrected chi connectivity index (χ4v) is 2.57. The minimum atomic E-state index is -0.731. The maximum atomic E-state index is 12.5. The van der Waals surface area contributed by atoms with Crippen LogP contribution in [0.2, 0.25) is 0 Å². The van der Waals surface area contributed by atoms with Crippen LogP contribution in [0, 0.1) is 0 Å². The van der Waals surface area contributed by atoms with E-state index in [2.05, 4.69) is 0 Å². The zero-order valence-electron chi connectivity index (χ0n) is 15.3. The second kappa shape index (κ2) is 6.89. The Hall–Kier alpha value is -1.95. The van der Waals surface area contributed by atoms with E-state index in [1.807, 2.05) is 52.8 Å². The topological polar surface area (TPSA) is 57.2 Å². The maximum absolute atomic E-state index is 12.5. The fraction of sp³-hybridized carbons (Fsp3) is 0.611. The van der Waals surface area contributed by atoms with E-state index in [9.17, 15) is 4.79 Å². The van der Waals surface area contributed by atoms with Gasteiger partial charge in [-0.3, -0.25) is 4.90 Å². The molecule has 134 valence electrons. The Morgan fingerprint density at radius 1 is 1.33 bits per heavy atom. The molecule has 6 heteroatoms. The molecule has 0 saturated carbocycles. The van der Waals surface area contributed by atoms with Gasteiger partial charge in [0, 0.05) is 6.07 Å². The highest BCUT2D eigenvalue weighted by Crippen LogP contribution is 2.30. The molecular formula is C18H27NO5. The Bertz CT molecular complexity index is 579. The van der Waals surface area contributed by atoms with Crippen molar-refractivity contribution in [3.05, 3.63) is 24.3 Å². The van der Waals surface area contributed by atoms with Crippen LogP contribution >= 0.6 is 0 Å². The van der Waals surface area contributed by atoms with Gasteiger partial charge in [-0.1, -0.05) is 6.07 Å². The van der Waals surface area contributed by atoms with Crippen LogP contribution in [0.4, 0.5) is 4.79 Å². The molecule has 1 aliphatic rings. The van der Waals surface area contributed by atoms with Gasteiger partial charge in [-0.25, -0.2) is 4.79 Å². The van der Waals surface area contributed by atoms with Crippen LogP contribution in [-0.4, -0.2) is 48.7 Å². The smallest absolute Gasteiger partial charge is 0.413 e. The molecular weight excluding hydrogens is 310 g/mol. The summed E-state index contributed by atoms with van der Waals surface area (Å²) in [4.78, 5) is 14.2. The molecule has 1 atom stereocenters. The van der Waals surface area contributed by atoms with Gasteiger partial charge < -0.3 is 18.9 Å². The predicted octanol–water partition coefficient (Wildman–Crippen LogP) is 3.45. The van der Waals surface area contributed by atoms with Crippen molar-refractivity contribution in [3.8, 4) is 11.5 Å². The molecule has 1 aliphatic heterocycles. The predicted molar refractivity (Wildman–Crippen MR) is 90.4 cm³/mol. The third-order valence-corrected chi connectivity index (χ3v) is 3.65. The minimum absolute atomic E-state index is 0.221. The molecule has 1 aromatic rings. The minimum Gasteiger partial charge on any atom is -0.497 e. The first-order valence-electron chi connectivity index (χ1n) is 8.05. The Balaban J connectivity index is 2.06. The van der Waals surface area contributed by atoms with E-state index in [1.165, 1.54) is 0 Å². The van der Waals surface area contributed by atoms with E-state index >= 15 is 0 Å². The Morgan fingerprint density at radius 3 is 2.62 bits per heavy atom. The fourth-order valence-electron chi connectivity index (χ4n) is 2.57. The highest BCUT2D eigenvalue weighted by Gasteiger charge is 2.46. The molecule has 2 rings (SSSR count). The summed E-state index contributed by atoms with van der Waals surface area (Å²) in [5.74, 6) is 1.41. The molecule has 1 aromatic carbocycles. The van der Waals surface area contributed by atoms with Crippen LogP contribution in [0.3, 0.4) is 0 Å². The second-order valence-corrected chi connectivity index (χ2v) is 7.25. The number of hydrogen-bond acceptors (Lipinski definition) is 5. The molecule has 6 nitrogen and oxygen atoms in total. The van der Waals surface area contributed by atoms with Gasteiger partial charge in [0.15, 0.2) is 0 Å². The molecule has 0 aromatic heterocycles. The average Bonchev–Trinajstić information content (AvgIpc) is 2.78. The summed E-state index contributed by atoms with van der Waals surface area (Å²) < 4.78 is 22.3. The van der Waals surface area contributed by atoms with Crippen LogP contribution in [0.1, 0.15) is 34.6 Å². The summed E-state index contributed by atoms with van der Waals surface area (Å²) in [6, 6.07) is 7.14. The van der Waals surface area contributed by atoms with Crippen LogP contribution in [0.15, 0.2) is 24.3 Å². The number of nitrogens with zero attached hydrogens (tertiary/aromatic N) is 1. The lowest BCUT2D eigenvalue weighted by Crippen LogP contribution is -2.51.